The maximum Gasteiger partial charge on any atom is 0.0434 e. The highest BCUT2D eigenvalue weighted by molar-refractivity contribution is 5.99. The van der Waals surface area contributed by atoms with E-state index in [0.29, 0.717) is 0 Å². The molecule has 1 heterocycles. The molecule has 1 saturated heterocycles. The van der Waals surface area contributed by atoms with Gasteiger partial charge >= 0.3 is 0 Å². The van der Waals surface area contributed by atoms with Crippen molar-refractivity contribution >= 4 is 22.5 Å². The SMILES string of the molecule is CN1CCN(c2ccc(/C(=C(/CCCO)c3ccccc3)c3ccc(N)cc3)cc2)CC1. The third kappa shape index (κ3) is 5.21. The number of anilines is 2. The molecule has 0 radical (unpaired) electrons. The molecule has 0 aromatic heterocycles. The molecule has 1 aliphatic heterocycles. The van der Waals surface area contributed by atoms with Gasteiger partial charge in [-0.2, -0.15) is 0 Å². The number of hydrogen-bond acceptors (Lipinski definition) is 4. The van der Waals surface area contributed by atoms with Crippen LogP contribution in [0.25, 0.3) is 11.1 Å². The molecule has 3 aromatic rings. The molecule has 0 spiro atoms. The molecule has 0 saturated carbocycles. The average molecular weight is 428 g/mol. The van der Waals surface area contributed by atoms with E-state index in [1.165, 1.54) is 28.0 Å². The van der Waals surface area contributed by atoms with E-state index in [9.17, 15) is 5.11 Å². The van der Waals surface area contributed by atoms with E-state index in [4.69, 9.17) is 5.73 Å². The molecule has 3 N–H and O–H groups in total. The molecule has 0 bridgehead atoms. The summed E-state index contributed by atoms with van der Waals surface area (Å²) in [6.45, 7) is 4.48. The van der Waals surface area contributed by atoms with Gasteiger partial charge < -0.3 is 20.6 Å². The minimum Gasteiger partial charge on any atom is -0.399 e. The van der Waals surface area contributed by atoms with Gasteiger partial charge in [-0.05, 0) is 72.0 Å². The summed E-state index contributed by atoms with van der Waals surface area (Å²) in [6, 6.07) is 27.6. The minimum absolute atomic E-state index is 0.174. The lowest BCUT2D eigenvalue weighted by molar-refractivity contribution is 0.290. The van der Waals surface area contributed by atoms with Crippen LogP contribution in [-0.4, -0.2) is 49.8 Å². The van der Waals surface area contributed by atoms with E-state index in [0.717, 1.165) is 50.3 Å². The molecule has 166 valence electrons. The number of benzene rings is 3. The number of nitrogens with two attached hydrogens (primary N) is 1. The number of likely N-dealkylation sites (N-methyl/N-ethyl adjacent to an activating group) is 1. The third-order valence-corrected chi connectivity index (χ3v) is 6.23. The molecule has 32 heavy (non-hydrogen) atoms. The van der Waals surface area contributed by atoms with E-state index in [-0.39, 0.29) is 6.61 Å². The van der Waals surface area contributed by atoms with Gasteiger partial charge in [-0.3, -0.25) is 0 Å². The van der Waals surface area contributed by atoms with Crippen LogP contribution in [0.5, 0.6) is 0 Å². The van der Waals surface area contributed by atoms with Crippen molar-refractivity contribution in [1.82, 2.24) is 4.90 Å². The molecule has 0 atom stereocenters. The average Bonchev–Trinajstić information content (AvgIpc) is 2.84. The van der Waals surface area contributed by atoms with Crippen LogP contribution in [0.2, 0.25) is 0 Å². The predicted molar refractivity (Wildman–Crippen MR) is 136 cm³/mol. The first-order valence-electron chi connectivity index (χ1n) is 11.4. The fourth-order valence-electron chi connectivity index (χ4n) is 4.38. The first-order chi connectivity index (χ1) is 15.7. The van der Waals surface area contributed by atoms with Gasteiger partial charge in [-0.15, -0.1) is 0 Å². The summed E-state index contributed by atoms with van der Waals surface area (Å²) >= 11 is 0. The van der Waals surface area contributed by atoms with Gasteiger partial charge in [0.2, 0.25) is 0 Å². The fraction of sp³-hybridized carbons (Fsp3) is 0.286. The maximum absolute atomic E-state index is 9.57. The molecule has 0 unspecified atom stereocenters. The molecule has 0 aliphatic carbocycles. The molecule has 0 amide bonds. The topological polar surface area (TPSA) is 52.7 Å². The lowest BCUT2D eigenvalue weighted by atomic mass is 9.87. The number of nitrogen functional groups attached to an aromatic ring is 1. The summed E-state index contributed by atoms with van der Waals surface area (Å²) in [5, 5.41) is 9.57. The maximum atomic E-state index is 9.57. The quantitative estimate of drug-likeness (QED) is 0.422. The van der Waals surface area contributed by atoms with Crippen molar-refractivity contribution in [1.29, 1.82) is 0 Å². The molecule has 3 aromatic carbocycles. The highest BCUT2D eigenvalue weighted by Crippen LogP contribution is 2.36. The second-order valence-corrected chi connectivity index (χ2v) is 8.51. The number of piperazine rings is 1. The second kappa shape index (κ2) is 10.5. The van der Waals surface area contributed by atoms with E-state index in [1.54, 1.807) is 0 Å². The summed E-state index contributed by atoms with van der Waals surface area (Å²) in [6.07, 6.45) is 1.53. The minimum atomic E-state index is 0.174. The fourth-order valence-corrected chi connectivity index (χ4v) is 4.38. The Balaban J connectivity index is 1.78. The Kier molecular flexibility index (Phi) is 7.25. The van der Waals surface area contributed by atoms with Gasteiger partial charge in [0, 0.05) is 44.2 Å². The van der Waals surface area contributed by atoms with Crippen LogP contribution in [0, 0.1) is 0 Å². The number of hydrogen-bond donors (Lipinski definition) is 2. The van der Waals surface area contributed by atoms with Crippen molar-refractivity contribution in [2.24, 2.45) is 0 Å². The lowest BCUT2D eigenvalue weighted by Gasteiger charge is -2.34. The van der Waals surface area contributed by atoms with Crippen LogP contribution in [0.1, 0.15) is 29.5 Å². The molecular formula is C28H33N3O. The van der Waals surface area contributed by atoms with Crippen LogP contribution in [0.4, 0.5) is 11.4 Å². The largest absolute Gasteiger partial charge is 0.399 e. The van der Waals surface area contributed by atoms with Crippen molar-refractivity contribution in [2.75, 3.05) is 50.5 Å². The van der Waals surface area contributed by atoms with E-state index in [1.807, 2.05) is 18.2 Å². The summed E-state index contributed by atoms with van der Waals surface area (Å²) in [5.41, 5.74) is 14.0. The van der Waals surface area contributed by atoms with Crippen molar-refractivity contribution in [2.45, 2.75) is 12.8 Å². The molecule has 4 rings (SSSR count). The zero-order valence-electron chi connectivity index (χ0n) is 18.9. The van der Waals surface area contributed by atoms with Crippen LogP contribution >= 0.6 is 0 Å². The van der Waals surface area contributed by atoms with Crippen molar-refractivity contribution in [3.05, 3.63) is 95.6 Å². The van der Waals surface area contributed by atoms with E-state index < -0.39 is 0 Å². The Bertz CT molecular complexity index is 1020. The summed E-state index contributed by atoms with van der Waals surface area (Å²) in [7, 11) is 2.18. The number of aliphatic hydroxyl groups excluding tert-OH is 1. The smallest absolute Gasteiger partial charge is 0.0434 e. The standard InChI is InChI=1S/C28H33N3O/c1-30-17-19-31(20-18-30)26-15-11-24(12-16-26)28(23-9-13-25(29)14-10-23)27(8-5-21-32)22-6-3-2-4-7-22/h2-4,6-7,9-16,32H,5,8,17-21,29H2,1H3/b28-27-. The van der Waals surface area contributed by atoms with Crippen LogP contribution in [-0.2, 0) is 0 Å². The van der Waals surface area contributed by atoms with Gasteiger partial charge in [0.1, 0.15) is 0 Å². The Morgan fingerprint density at radius 1 is 0.781 bits per heavy atom. The first-order valence-corrected chi connectivity index (χ1v) is 11.4. The Hall–Kier alpha value is -3.08. The van der Waals surface area contributed by atoms with Crippen molar-refractivity contribution in [3.63, 3.8) is 0 Å². The Labute approximate surface area is 191 Å². The predicted octanol–water partition coefficient (Wildman–Crippen LogP) is 4.75. The molecule has 4 heteroatoms. The van der Waals surface area contributed by atoms with E-state index >= 15 is 0 Å². The third-order valence-electron chi connectivity index (χ3n) is 6.23. The Morgan fingerprint density at radius 3 is 1.97 bits per heavy atom. The van der Waals surface area contributed by atoms with Gasteiger partial charge in [-0.1, -0.05) is 54.6 Å². The van der Waals surface area contributed by atoms with E-state index in [2.05, 4.69) is 77.5 Å². The summed E-state index contributed by atoms with van der Waals surface area (Å²) in [4.78, 5) is 4.83. The number of aliphatic hydroxyl groups is 1. The van der Waals surface area contributed by atoms with Gasteiger partial charge in [-0.25, -0.2) is 0 Å². The molecular weight excluding hydrogens is 394 g/mol. The Morgan fingerprint density at radius 2 is 1.38 bits per heavy atom. The zero-order chi connectivity index (χ0) is 22.3. The number of rotatable bonds is 7. The van der Waals surface area contributed by atoms with Crippen molar-refractivity contribution < 1.29 is 5.11 Å². The van der Waals surface area contributed by atoms with Gasteiger partial charge in [0.25, 0.3) is 0 Å². The highest BCUT2D eigenvalue weighted by atomic mass is 16.2. The monoisotopic (exact) mass is 427 g/mol. The molecule has 1 aliphatic rings. The number of allylic oxidation sites excluding steroid dienone is 1. The van der Waals surface area contributed by atoms with Crippen LogP contribution in [0.3, 0.4) is 0 Å². The second-order valence-electron chi connectivity index (χ2n) is 8.51. The van der Waals surface area contributed by atoms with Crippen molar-refractivity contribution in [3.8, 4) is 0 Å². The van der Waals surface area contributed by atoms with Crippen LogP contribution < -0.4 is 10.6 Å². The summed E-state index contributed by atoms with van der Waals surface area (Å²) in [5.74, 6) is 0. The molecule has 1 fully saturated rings. The highest BCUT2D eigenvalue weighted by Gasteiger charge is 2.17. The van der Waals surface area contributed by atoms with Gasteiger partial charge in [0.15, 0.2) is 0 Å². The summed E-state index contributed by atoms with van der Waals surface area (Å²) < 4.78 is 0. The lowest BCUT2D eigenvalue weighted by Crippen LogP contribution is -2.44. The zero-order valence-corrected chi connectivity index (χ0v) is 18.9. The molecule has 4 nitrogen and oxygen atoms in total. The normalized spacial score (nSPS) is 15.5. The first kappa shape index (κ1) is 22.1. The van der Waals surface area contributed by atoms with Crippen LogP contribution in [0.15, 0.2) is 78.9 Å². The van der Waals surface area contributed by atoms with Gasteiger partial charge in [0.05, 0.1) is 0 Å². The number of nitrogens with zero attached hydrogens (tertiary/aromatic N) is 2.